The molecule has 0 amide bonds. The van der Waals surface area contributed by atoms with Crippen molar-refractivity contribution in [1.82, 2.24) is 10.2 Å². The Kier molecular flexibility index (Phi) is 5.30. The highest BCUT2D eigenvalue weighted by molar-refractivity contribution is 4.89. The minimum atomic E-state index is 0.794. The smallest absolute Gasteiger partial charge is 0.00134 e. The van der Waals surface area contributed by atoms with E-state index in [0.717, 1.165) is 5.41 Å². The minimum absolute atomic E-state index is 0.794. The van der Waals surface area contributed by atoms with Crippen molar-refractivity contribution in [2.75, 3.05) is 33.2 Å². The molecule has 1 aliphatic heterocycles. The highest BCUT2D eigenvalue weighted by atomic mass is 15.1. The third kappa shape index (κ3) is 3.96. The Labute approximate surface area is 107 Å². The van der Waals surface area contributed by atoms with E-state index in [1.54, 1.807) is 0 Å². The van der Waals surface area contributed by atoms with Crippen LogP contribution in [0.2, 0.25) is 0 Å². The number of nitrogens with zero attached hydrogens (tertiary/aromatic N) is 1. The van der Waals surface area contributed by atoms with Gasteiger partial charge in [0.2, 0.25) is 0 Å². The van der Waals surface area contributed by atoms with Gasteiger partial charge in [-0.3, -0.25) is 0 Å². The zero-order valence-electron chi connectivity index (χ0n) is 11.6. The molecule has 1 N–H and O–H groups in total. The van der Waals surface area contributed by atoms with Gasteiger partial charge in [-0.15, -0.1) is 0 Å². The predicted octanol–water partition coefficient (Wildman–Crippen LogP) is 3.03. The quantitative estimate of drug-likeness (QED) is 0.716. The van der Waals surface area contributed by atoms with E-state index in [1.807, 2.05) is 7.05 Å². The van der Waals surface area contributed by atoms with E-state index in [9.17, 15) is 0 Å². The summed E-state index contributed by atoms with van der Waals surface area (Å²) in [5, 5.41) is 3.23. The molecule has 1 saturated carbocycles. The first kappa shape index (κ1) is 13.4. The standard InChI is InChI=1S/C15H30N2/c1-16-11-5-2-6-12-17-13-9-15(10-14-17)7-3-4-8-15/h16H,2-14H2,1H3. The fourth-order valence-corrected chi connectivity index (χ4v) is 3.69. The predicted molar refractivity (Wildman–Crippen MR) is 74.4 cm³/mol. The second-order valence-corrected chi connectivity index (χ2v) is 6.21. The Balaban J connectivity index is 1.56. The van der Waals surface area contributed by atoms with Gasteiger partial charge in [0.1, 0.15) is 0 Å². The second-order valence-electron chi connectivity index (χ2n) is 6.21. The van der Waals surface area contributed by atoms with Gasteiger partial charge in [-0.2, -0.15) is 0 Å². The first-order valence-corrected chi connectivity index (χ1v) is 7.72. The molecule has 0 aromatic heterocycles. The van der Waals surface area contributed by atoms with Crippen molar-refractivity contribution in [3.63, 3.8) is 0 Å². The molecule has 0 unspecified atom stereocenters. The molecule has 100 valence electrons. The summed E-state index contributed by atoms with van der Waals surface area (Å²) in [5.74, 6) is 0. The molecule has 2 heteroatoms. The fourth-order valence-electron chi connectivity index (χ4n) is 3.69. The maximum absolute atomic E-state index is 3.23. The Hall–Kier alpha value is -0.0800. The van der Waals surface area contributed by atoms with Crippen LogP contribution in [0.1, 0.15) is 57.8 Å². The summed E-state index contributed by atoms with van der Waals surface area (Å²) in [7, 11) is 2.05. The number of likely N-dealkylation sites (tertiary alicyclic amines) is 1. The average molecular weight is 238 g/mol. The van der Waals surface area contributed by atoms with Crippen molar-refractivity contribution in [2.24, 2.45) is 5.41 Å². The first-order chi connectivity index (χ1) is 8.35. The van der Waals surface area contributed by atoms with Crippen LogP contribution in [0.5, 0.6) is 0 Å². The number of hydrogen-bond acceptors (Lipinski definition) is 2. The zero-order valence-corrected chi connectivity index (χ0v) is 11.6. The van der Waals surface area contributed by atoms with Crippen LogP contribution in [0.25, 0.3) is 0 Å². The lowest BCUT2D eigenvalue weighted by Crippen LogP contribution is -2.39. The maximum Gasteiger partial charge on any atom is -0.00134 e. The third-order valence-corrected chi connectivity index (χ3v) is 4.98. The molecule has 2 fully saturated rings. The lowest BCUT2D eigenvalue weighted by atomic mass is 9.77. The topological polar surface area (TPSA) is 15.3 Å². The Bertz CT molecular complexity index is 199. The second kappa shape index (κ2) is 6.75. The van der Waals surface area contributed by atoms with Crippen LogP contribution >= 0.6 is 0 Å². The lowest BCUT2D eigenvalue weighted by molar-refractivity contribution is 0.107. The van der Waals surface area contributed by atoms with Gasteiger partial charge >= 0.3 is 0 Å². The van der Waals surface area contributed by atoms with Crippen LogP contribution in [0.4, 0.5) is 0 Å². The molecule has 1 aliphatic carbocycles. The van der Waals surface area contributed by atoms with Gasteiger partial charge in [-0.1, -0.05) is 19.3 Å². The normalized spacial score (nSPS) is 24.5. The highest BCUT2D eigenvalue weighted by Gasteiger charge is 2.36. The van der Waals surface area contributed by atoms with E-state index in [4.69, 9.17) is 0 Å². The molecule has 0 bridgehead atoms. The van der Waals surface area contributed by atoms with Gasteiger partial charge in [-0.25, -0.2) is 0 Å². The van der Waals surface area contributed by atoms with E-state index in [-0.39, 0.29) is 0 Å². The maximum atomic E-state index is 3.23. The largest absolute Gasteiger partial charge is 0.320 e. The summed E-state index contributed by atoms with van der Waals surface area (Å²) in [4.78, 5) is 2.71. The molecular weight excluding hydrogens is 208 g/mol. The highest BCUT2D eigenvalue weighted by Crippen LogP contribution is 2.46. The Morgan fingerprint density at radius 1 is 0.941 bits per heavy atom. The molecule has 0 atom stereocenters. The summed E-state index contributed by atoms with van der Waals surface area (Å²) in [6.07, 6.45) is 13.2. The summed E-state index contributed by atoms with van der Waals surface area (Å²) in [6.45, 7) is 5.29. The van der Waals surface area contributed by atoms with Crippen LogP contribution in [0.15, 0.2) is 0 Å². The molecule has 17 heavy (non-hydrogen) atoms. The van der Waals surface area contributed by atoms with Crippen molar-refractivity contribution in [2.45, 2.75) is 57.8 Å². The van der Waals surface area contributed by atoms with Crippen LogP contribution < -0.4 is 5.32 Å². The van der Waals surface area contributed by atoms with Crippen molar-refractivity contribution < 1.29 is 0 Å². The van der Waals surface area contributed by atoms with Crippen LogP contribution in [0.3, 0.4) is 0 Å². The Morgan fingerprint density at radius 3 is 2.29 bits per heavy atom. The third-order valence-electron chi connectivity index (χ3n) is 4.98. The van der Waals surface area contributed by atoms with Gasteiger partial charge in [-0.05, 0) is 77.2 Å². The molecule has 2 nitrogen and oxygen atoms in total. The molecule has 2 aliphatic rings. The van der Waals surface area contributed by atoms with Gasteiger partial charge in [0.25, 0.3) is 0 Å². The van der Waals surface area contributed by atoms with E-state index in [2.05, 4.69) is 10.2 Å². The zero-order chi connectivity index (χ0) is 12.0. The number of hydrogen-bond donors (Lipinski definition) is 1. The molecule has 0 aromatic rings. The molecule has 0 aromatic carbocycles. The number of rotatable bonds is 6. The number of unbranched alkanes of at least 4 members (excludes halogenated alkanes) is 2. The monoisotopic (exact) mass is 238 g/mol. The van der Waals surface area contributed by atoms with E-state index >= 15 is 0 Å². The van der Waals surface area contributed by atoms with Crippen molar-refractivity contribution in [3.05, 3.63) is 0 Å². The summed E-state index contributed by atoms with van der Waals surface area (Å²) in [5.41, 5.74) is 0.794. The van der Waals surface area contributed by atoms with E-state index in [0.29, 0.717) is 0 Å². The minimum Gasteiger partial charge on any atom is -0.320 e. The molecule has 0 radical (unpaired) electrons. The molecule has 1 saturated heterocycles. The van der Waals surface area contributed by atoms with E-state index in [1.165, 1.54) is 84.0 Å². The van der Waals surface area contributed by atoms with E-state index < -0.39 is 0 Å². The van der Waals surface area contributed by atoms with Crippen LogP contribution in [-0.2, 0) is 0 Å². The summed E-state index contributed by atoms with van der Waals surface area (Å²) < 4.78 is 0. The van der Waals surface area contributed by atoms with Crippen molar-refractivity contribution >= 4 is 0 Å². The number of nitrogens with one attached hydrogen (secondary N) is 1. The molecule has 2 rings (SSSR count). The summed E-state index contributed by atoms with van der Waals surface area (Å²) >= 11 is 0. The van der Waals surface area contributed by atoms with Crippen molar-refractivity contribution in [3.8, 4) is 0 Å². The van der Waals surface area contributed by atoms with Crippen LogP contribution in [0, 0.1) is 5.41 Å². The molecule has 1 spiro atoms. The van der Waals surface area contributed by atoms with Gasteiger partial charge in [0.15, 0.2) is 0 Å². The van der Waals surface area contributed by atoms with Gasteiger partial charge < -0.3 is 10.2 Å². The SMILES string of the molecule is CNCCCCCN1CCC2(CCCC2)CC1. The molecule has 1 heterocycles. The fraction of sp³-hybridized carbons (Fsp3) is 1.00. The number of piperidine rings is 1. The first-order valence-electron chi connectivity index (χ1n) is 7.72. The van der Waals surface area contributed by atoms with Gasteiger partial charge in [0, 0.05) is 0 Å². The van der Waals surface area contributed by atoms with Gasteiger partial charge in [0.05, 0.1) is 0 Å². The van der Waals surface area contributed by atoms with Crippen molar-refractivity contribution in [1.29, 1.82) is 0 Å². The molecular formula is C15H30N2. The Morgan fingerprint density at radius 2 is 1.65 bits per heavy atom. The summed E-state index contributed by atoms with van der Waals surface area (Å²) in [6, 6.07) is 0. The lowest BCUT2D eigenvalue weighted by Gasteiger charge is -2.39. The average Bonchev–Trinajstić information content (AvgIpc) is 2.80. The van der Waals surface area contributed by atoms with Crippen LogP contribution in [-0.4, -0.2) is 38.1 Å².